The Labute approximate surface area is 164 Å². The highest BCUT2D eigenvalue weighted by Crippen LogP contribution is 2.28. The summed E-state index contributed by atoms with van der Waals surface area (Å²) in [5.41, 5.74) is 7.13. The molecule has 0 atom stereocenters. The van der Waals surface area contributed by atoms with Crippen molar-refractivity contribution in [3.05, 3.63) is 54.7 Å². The van der Waals surface area contributed by atoms with Crippen molar-refractivity contribution in [1.29, 1.82) is 0 Å². The molecule has 144 valence electrons. The average Bonchev–Trinajstić information content (AvgIpc) is 2.72. The van der Waals surface area contributed by atoms with Crippen molar-refractivity contribution in [2.75, 3.05) is 44.0 Å². The second-order valence-corrected chi connectivity index (χ2v) is 6.92. The molecule has 1 aliphatic rings. The minimum absolute atomic E-state index is 0.716. The molecule has 0 radical (unpaired) electrons. The number of hydrogen-bond acceptors (Lipinski definition) is 8. The number of anilines is 3. The van der Waals surface area contributed by atoms with Crippen LogP contribution in [0, 0.1) is 6.92 Å². The van der Waals surface area contributed by atoms with Gasteiger partial charge in [-0.1, -0.05) is 18.2 Å². The summed E-state index contributed by atoms with van der Waals surface area (Å²) in [7, 11) is 2.14. The smallest absolute Gasteiger partial charge is 0.144 e. The molecule has 0 saturated carbocycles. The summed E-state index contributed by atoms with van der Waals surface area (Å²) < 4.78 is 0. The predicted octanol–water partition coefficient (Wildman–Crippen LogP) is 2.56. The van der Waals surface area contributed by atoms with Gasteiger partial charge in [0.2, 0.25) is 0 Å². The first-order valence-electron chi connectivity index (χ1n) is 9.34. The lowest BCUT2D eigenvalue weighted by Gasteiger charge is -2.32. The fraction of sp³-hybridized carbons (Fsp3) is 0.300. The molecule has 28 heavy (non-hydrogen) atoms. The molecule has 1 fully saturated rings. The lowest BCUT2D eigenvalue weighted by molar-refractivity contribution is 0.178. The van der Waals surface area contributed by atoms with E-state index >= 15 is 0 Å². The van der Waals surface area contributed by atoms with Crippen LogP contribution >= 0.6 is 0 Å². The normalized spacial score (nSPS) is 15.4. The van der Waals surface area contributed by atoms with Gasteiger partial charge in [-0.25, -0.2) is 24.9 Å². The number of rotatable bonds is 5. The van der Waals surface area contributed by atoms with Gasteiger partial charge in [0.1, 0.15) is 24.3 Å². The number of para-hydroxylation sites is 1. The predicted molar refractivity (Wildman–Crippen MR) is 110 cm³/mol. The number of aryl methyl sites for hydroxylation is 1. The van der Waals surface area contributed by atoms with Gasteiger partial charge < -0.3 is 15.6 Å². The molecule has 2 aromatic heterocycles. The van der Waals surface area contributed by atoms with Gasteiger partial charge in [-0.05, 0) is 25.6 Å². The van der Waals surface area contributed by atoms with Crippen LogP contribution in [0.2, 0.25) is 0 Å². The van der Waals surface area contributed by atoms with Crippen molar-refractivity contribution in [2.45, 2.75) is 6.92 Å². The first-order valence-corrected chi connectivity index (χ1v) is 9.34. The van der Waals surface area contributed by atoms with E-state index in [9.17, 15) is 0 Å². The molecule has 1 saturated heterocycles. The molecule has 1 aromatic carbocycles. The van der Waals surface area contributed by atoms with Crippen LogP contribution in [-0.4, -0.2) is 63.1 Å². The van der Waals surface area contributed by atoms with Crippen LogP contribution in [0.5, 0.6) is 0 Å². The number of nitrogens with one attached hydrogen (secondary N) is 2. The zero-order chi connectivity index (χ0) is 19.3. The molecule has 0 amide bonds. The van der Waals surface area contributed by atoms with E-state index < -0.39 is 0 Å². The third kappa shape index (κ3) is 4.24. The average molecular weight is 376 g/mol. The Morgan fingerprint density at radius 1 is 0.964 bits per heavy atom. The van der Waals surface area contributed by atoms with E-state index in [1.807, 2.05) is 24.3 Å². The van der Waals surface area contributed by atoms with Crippen molar-refractivity contribution >= 4 is 17.3 Å². The van der Waals surface area contributed by atoms with Crippen LogP contribution in [0.4, 0.5) is 17.3 Å². The van der Waals surface area contributed by atoms with E-state index in [1.54, 1.807) is 12.5 Å². The van der Waals surface area contributed by atoms with Gasteiger partial charge in [0, 0.05) is 44.1 Å². The van der Waals surface area contributed by atoms with Gasteiger partial charge in [-0.15, -0.1) is 0 Å². The third-order valence-electron chi connectivity index (χ3n) is 4.83. The topological polar surface area (TPSA) is 82.1 Å². The molecule has 0 spiro atoms. The van der Waals surface area contributed by atoms with E-state index in [0.29, 0.717) is 5.82 Å². The van der Waals surface area contributed by atoms with Crippen molar-refractivity contribution in [2.24, 2.45) is 0 Å². The molecule has 0 bridgehead atoms. The van der Waals surface area contributed by atoms with Crippen LogP contribution in [0.1, 0.15) is 5.56 Å². The van der Waals surface area contributed by atoms with Crippen molar-refractivity contribution < 1.29 is 0 Å². The summed E-state index contributed by atoms with van der Waals surface area (Å²) in [4.78, 5) is 19.7. The molecular weight excluding hydrogens is 352 g/mol. The Hall–Kier alpha value is -3.10. The zero-order valence-corrected chi connectivity index (χ0v) is 16.1. The molecular formula is C20H24N8. The molecule has 8 nitrogen and oxygen atoms in total. The molecule has 0 aliphatic carbocycles. The van der Waals surface area contributed by atoms with Gasteiger partial charge in [0.25, 0.3) is 0 Å². The van der Waals surface area contributed by atoms with Gasteiger partial charge in [0.15, 0.2) is 0 Å². The van der Waals surface area contributed by atoms with Crippen LogP contribution in [0.3, 0.4) is 0 Å². The highest BCUT2D eigenvalue weighted by molar-refractivity contribution is 5.77. The van der Waals surface area contributed by atoms with E-state index in [4.69, 9.17) is 0 Å². The number of likely N-dealkylation sites (N-methyl/N-ethyl adjacent to an activating group) is 1. The number of piperazine rings is 1. The Bertz CT molecular complexity index is 937. The van der Waals surface area contributed by atoms with E-state index in [0.717, 1.165) is 54.5 Å². The number of hydrogen-bond donors (Lipinski definition) is 2. The second kappa shape index (κ2) is 8.28. The largest absolute Gasteiger partial charge is 0.339 e. The number of hydrazine groups is 1. The van der Waals surface area contributed by atoms with E-state index in [1.165, 1.54) is 6.33 Å². The van der Waals surface area contributed by atoms with Crippen LogP contribution in [-0.2, 0) is 0 Å². The lowest BCUT2D eigenvalue weighted by Crippen LogP contribution is -2.47. The molecule has 8 heteroatoms. The van der Waals surface area contributed by atoms with Gasteiger partial charge >= 0.3 is 0 Å². The third-order valence-corrected chi connectivity index (χ3v) is 4.83. The van der Waals surface area contributed by atoms with Crippen LogP contribution in [0.15, 0.2) is 49.2 Å². The Balaban J connectivity index is 1.57. The Kier molecular flexibility index (Phi) is 5.41. The molecule has 3 heterocycles. The summed E-state index contributed by atoms with van der Waals surface area (Å²) in [6.45, 7) is 6.02. The summed E-state index contributed by atoms with van der Waals surface area (Å²) in [6, 6.07) is 10.0. The minimum Gasteiger partial charge on any atom is -0.339 e. The standard InChI is InChI=1S/C20H24N8/c1-15-5-3-4-6-17(15)25-20-16(12-21-13-24-20)18-11-19(23-14-22-18)26-28-9-7-27(2)8-10-28/h3-6,11-14H,7-10H2,1-2H3,(H,21,24,25)(H,22,23,26). The maximum Gasteiger partial charge on any atom is 0.144 e. The van der Waals surface area contributed by atoms with Gasteiger partial charge in [-0.2, -0.15) is 0 Å². The maximum absolute atomic E-state index is 4.44. The summed E-state index contributed by atoms with van der Waals surface area (Å²) in [5, 5.41) is 5.58. The molecule has 1 aliphatic heterocycles. The highest BCUT2D eigenvalue weighted by atomic mass is 15.5. The highest BCUT2D eigenvalue weighted by Gasteiger charge is 2.15. The van der Waals surface area contributed by atoms with Crippen molar-refractivity contribution in [3.8, 4) is 11.3 Å². The SMILES string of the molecule is Cc1ccccc1Nc1ncncc1-c1cc(NN2CCN(C)CC2)ncn1. The molecule has 4 rings (SSSR count). The lowest BCUT2D eigenvalue weighted by atomic mass is 10.1. The summed E-state index contributed by atoms with van der Waals surface area (Å²) in [6.07, 6.45) is 4.88. The number of nitrogens with zero attached hydrogens (tertiary/aromatic N) is 6. The quantitative estimate of drug-likeness (QED) is 0.703. The summed E-state index contributed by atoms with van der Waals surface area (Å²) >= 11 is 0. The maximum atomic E-state index is 4.44. The summed E-state index contributed by atoms with van der Waals surface area (Å²) in [5.74, 6) is 1.48. The first kappa shape index (κ1) is 18.3. The van der Waals surface area contributed by atoms with Crippen molar-refractivity contribution in [1.82, 2.24) is 29.8 Å². The van der Waals surface area contributed by atoms with Gasteiger partial charge in [-0.3, -0.25) is 0 Å². The van der Waals surface area contributed by atoms with Crippen molar-refractivity contribution in [3.63, 3.8) is 0 Å². The Morgan fingerprint density at radius 2 is 1.79 bits per heavy atom. The second-order valence-electron chi connectivity index (χ2n) is 6.92. The van der Waals surface area contributed by atoms with Crippen LogP contribution in [0.25, 0.3) is 11.3 Å². The van der Waals surface area contributed by atoms with Crippen LogP contribution < -0.4 is 10.7 Å². The minimum atomic E-state index is 0.716. The molecule has 2 N–H and O–H groups in total. The Morgan fingerprint density at radius 3 is 2.61 bits per heavy atom. The zero-order valence-electron chi connectivity index (χ0n) is 16.1. The van der Waals surface area contributed by atoms with E-state index in [2.05, 4.69) is 60.6 Å². The fourth-order valence-corrected chi connectivity index (χ4v) is 3.10. The molecule has 3 aromatic rings. The number of aromatic nitrogens is 4. The number of benzene rings is 1. The van der Waals surface area contributed by atoms with E-state index in [-0.39, 0.29) is 0 Å². The first-order chi connectivity index (χ1) is 13.7. The fourth-order valence-electron chi connectivity index (χ4n) is 3.10. The van der Waals surface area contributed by atoms with Gasteiger partial charge in [0.05, 0.1) is 11.3 Å². The monoisotopic (exact) mass is 376 g/mol. The molecule has 0 unspecified atom stereocenters.